The van der Waals surface area contributed by atoms with Crippen molar-refractivity contribution in [2.45, 2.75) is 0 Å². The van der Waals surface area contributed by atoms with Crippen LogP contribution in [-0.2, 0) is 0 Å². The van der Waals surface area contributed by atoms with Gasteiger partial charge in [0.15, 0.2) is 11.5 Å². The largest absolute Gasteiger partial charge is 0.493 e. The molecule has 1 heterocycles. The minimum absolute atomic E-state index is 0.634. The summed E-state index contributed by atoms with van der Waals surface area (Å²) in [6, 6.07) is 1.78. The molecule has 0 aromatic carbocycles. The van der Waals surface area contributed by atoms with Gasteiger partial charge in [-0.2, -0.15) is 0 Å². The molecule has 0 amide bonds. The normalized spacial score (nSPS) is 10.3. The average Bonchev–Trinajstić information content (AvgIpc) is 2.18. The topological polar surface area (TPSA) is 34.6 Å². The molecule has 14 heavy (non-hydrogen) atoms. The van der Waals surface area contributed by atoms with Crippen molar-refractivity contribution in [3.8, 4) is 11.5 Å². The van der Waals surface area contributed by atoms with Gasteiger partial charge in [-0.05, 0) is 14.1 Å². The van der Waals surface area contributed by atoms with E-state index in [1.165, 1.54) is 0 Å². The molecule has 78 valence electrons. The van der Waals surface area contributed by atoms with Crippen molar-refractivity contribution in [1.29, 1.82) is 0 Å². The lowest BCUT2D eigenvalue weighted by atomic mass is 10.4. The standard InChI is InChI=1S/C10H16N2O2/c1-12(2)6-7-14-10-8-11-5-4-9(10)13-3/h4-5,8H,6-7H2,1-3H3. The predicted octanol–water partition coefficient (Wildman–Crippen LogP) is 1.03. The Hall–Kier alpha value is -1.29. The minimum Gasteiger partial charge on any atom is -0.493 e. The third-order valence-corrected chi connectivity index (χ3v) is 1.76. The van der Waals surface area contributed by atoms with Crippen LogP contribution in [0, 0.1) is 0 Å². The Balaban J connectivity index is 2.49. The summed E-state index contributed by atoms with van der Waals surface area (Å²) in [5, 5.41) is 0. The molecule has 0 fully saturated rings. The Morgan fingerprint density at radius 3 is 2.79 bits per heavy atom. The fourth-order valence-corrected chi connectivity index (χ4v) is 0.982. The van der Waals surface area contributed by atoms with Crippen molar-refractivity contribution in [2.24, 2.45) is 0 Å². The summed E-state index contributed by atoms with van der Waals surface area (Å²) in [7, 11) is 5.63. The first-order chi connectivity index (χ1) is 6.74. The number of likely N-dealkylation sites (N-methyl/N-ethyl adjacent to an activating group) is 1. The van der Waals surface area contributed by atoms with Crippen LogP contribution in [0.5, 0.6) is 11.5 Å². The summed E-state index contributed by atoms with van der Waals surface area (Å²) in [6.45, 7) is 1.51. The van der Waals surface area contributed by atoms with Gasteiger partial charge in [-0.3, -0.25) is 4.98 Å². The van der Waals surface area contributed by atoms with Crippen molar-refractivity contribution in [3.05, 3.63) is 18.5 Å². The molecule has 1 aromatic rings. The second-order valence-corrected chi connectivity index (χ2v) is 3.18. The Morgan fingerprint density at radius 2 is 2.14 bits per heavy atom. The lowest BCUT2D eigenvalue weighted by Crippen LogP contribution is -2.19. The molecule has 0 unspecified atom stereocenters. The fourth-order valence-electron chi connectivity index (χ4n) is 0.982. The lowest BCUT2D eigenvalue weighted by molar-refractivity contribution is 0.250. The summed E-state index contributed by atoms with van der Waals surface area (Å²) in [5.74, 6) is 1.41. The zero-order valence-electron chi connectivity index (χ0n) is 8.86. The van der Waals surface area contributed by atoms with Crippen LogP contribution in [0.25, 0.3) is 0 Å². The van der Waals surface area contributed by atoms with E-state index in [0.717, 1.165) is 12.3 Å². The highest BCUT2D eigenvalue weighted by atomic mass is 16.5. The summed E-state index contributed by atoms with van der Waals surface area (Å²) in [6.07, 6.45) is 3.34. The van der Waals surface area contributed by atoms with E-state index in [1.807, 2.05) is 14.1 Å². The summed E-state index contributed by atoms with van der Waals surface area (Å²) in [5.41, 5.74) is 0. The molecule has 0 atom stereocenters. The number of rotatable bonds is 5. The second-order valence-electron chi connectivity index (χ2n) is 3.18. The van der Waals surface area contributed by atoms with E-state index >= 15 is 0 Å². The van der Waals surface area contributed by atoms with Gasteiger partial charge < -0.3 is 14.4 Å². The van der Waals surface area contributed by atoms with Crippen molar-refractivity contribution in [3.63, 3.8) is 0 Å². The van der Waals surface area contributed by atoms with E-state index in [1.54, 1.807) is 25.6 Å². The van der Waals surface area contributed by atoms with Crippen LogP contribution < -0.4 is 9.47 Å². The Kier molecular flexibility index (Phi) is 4.19. The van der Waals surface area contributed by atoms with E-state index in [9.17, 15) is 0 Å². The number of ether oxygens (including phenoxy) is 2. The molecule has 1 rings (SSSR count). The first-order valence-corrected chi connectivity index (χ1v) is 4.49. The molecular formula is C10H16N2O2. The van der Waals surface area contributed by atoms with Gasteiger partial charge >= 0.3 is 0 Å². The molecular weight excluding hydrogens is 180 g/mol. The quantitative estimate of drug-likeness (QED) is 0.704. The van der Waals surface area contributed by atoms with E-state index in [0.29, 0.717) is 12.4 Å². The minimum atomic E-state index is 0.634. The highest BCUT2D eigenvalue weighted by Crippen LogP contribution is 2.24. The Morgan fingerprint density at radius 1 is 1.36 bits per heavy atom. The van der Waals surface area contributed by atoms with Crippen molar-refractivity contribution in [1.82, 2.24) is 9.88 Å². The molecule has 4 heteroatoms. The highest BCUT2D eigenvalue weighted by molar-refractivity contribution is 5.36. The Labute approximate surface area is 84.5 Å². The van der Waals surface area contributed by atoms with Gasteiger partial charge in [-0.25, -0.2) is 0 Å². The van der Waals surface area contributed by atoms with E-state index in [2.05, 4.69) is 9.88 Å². The smallest absolute Gasteiger partial charge is 0.179 e. The molecule has 0 N–H and O–H groups in total. The summed E-state index contributed by atoms with van der Waals surface area (Å²) >= 11 is 0. The van der Waals surface area contributed by atoms with Crippen LogP contribution in [0.3, 0.4) is 0 Å². The van der Waals surface area contributed by atoms with Crippen LogP contribution >= 0.6 is 0 Å². The SMILES string of the molecule is COc1ccncc1OCCN(C)C. The predicted molar refractivity (Wildman–Crippen MR) is 54.8 cm³/mol. The first kappa shape index (κ1) is 10.8. The van der Waals surface area contributed by atoms with E-state index in [-0.39, 0.29) is 0 Å². The number of hydrogen-bond acceptors (Lipinski definition) is 4. The van der Waals surface area contributed by atoms with Gasteiger partial charge in [0, 0.05) is 18.8 Å². The zero-order valence-corrected chi connectivity index (χ0v) is 8.86. The first-order valence-electron chi connectivity index (χ1n) is 4.49. The molecule has 0 aliphatic heterocycles. The number of methoxy groups -OCH3 is 1. The van der Waals surface area contributed by atoms with Crippen LogP contribution in [0.15, 0.2) is 18.5 Å². The zero-order chi connectivity index (χ0) is 10.4. The molecule has 1 aromatic heterocycles. The second kappa shape index (κ2) is 5.44. The monoisotopic (exact) mass is 196 g/mol. The molecule has 0 aliphatic carbocycles. The maximum absolute atomic E-state index is 5.51. The molecule has 0 saturated carbocycles. The van der Waals surface area contributed by atoms with Gasteiger partial charge in [-0.1, -0.05) is 0 Å². The molecule has 0 bridgehead atoms. The molecule has 0 aliphatic rings. The van der Waals surface area contributed by atoms with Gasteiger partial charge in [0.1, 0.15) is 6.61 Å². The van der Waals surface area contributed by atoms with Crippen LogP contribution in [0.4, 0.5) is 0 Å². The van der Waals surface area contributed by atoms with Crippen LogP contribution in [0.2, 0.25) is 0 Å². The lowest BCUT2D eigenvalue weighted by Gasteiger charge is -2.12. The van der Waals surface area contributed by atoms with Gasteiger partial charge in [0.05, 0.1) is 13.3 Å². The maximum Gasteiger partial charge on any atom is 0.179 e. The van der Waals surface area contributed by atoms with Crippen molar-refractivity contribution in [2.75, 3.05) is 34.4 Å². The molecule has 0 radical (unpaired) electrons. The van der Waals surface area contributed by atoms with Crippen LogP contribution in [-0.4, -0.2) is 44.2 Å². The van der Waals surface area contributed by atoms with Crippen molar-refractivity contribution < 1.29 is 9.47 Å². The number of pyridine rings is 1. The number of nitrogens with zero attached hydrogens (tertiary/aromatic N) is 2. The Bertz CT molecular complexity index is 277. The third kappa shape index (κ3) is 3.22. The number of aromatic nitrogens is 1. The molecule has 0 spiro atoms. The molecule has 0 saturated heterocycles. The van der Waals surface area contributed by atoms with Gasteiger partial charge in [-0.15, -0.1) is 0 Å². The fraction of sp³-hybridized carbons (Fsp3) is 0.500. The summed E-state index contributed by atoms with van der Waals surface area (Å²) in [4.78, 5) is 6.03. The third-order valence-electron chi connectivity index (χ3n) is 1.76. The number of hydrogen-bond donors (Lipinski definition) is 0. The van der Waals surface area contributed by atoms with E-state index in [4.69, 9.17) is 9.47 Å². The highest BCUT2D eigenvalue weighted by Gasteiger charge is 2.02. The molecule has 4 nitrogen and oxygen atoms in total. The maximum atomic E-state index is 5.51. The van der Waals surface area contributed by atoms with E-state index < -0.39 is 0 Å². The van der Waals surface area contributed by atoms with Crippen LogP contribution in [0.1, 0.15) is 0 Å². The van der Waals surface area contributed by atoms with Gasteiger partial charge in [0.2, 0.25) is 0 Å². The van der Waals surface area contributed by atoms with Gasteiger partial charge in [0.25, 0.3) is 0 Å². The average molecular weight is 196 g/mol. The summed E-state index contributed by atoms with van der Waals surface area (Å²) < 4.78 is 10.6. The van der Waals surface area contributed by atoms with Crippen molar-refractivity contribution >= 4 is 0 Å².